The molecule has 0 saturated heterocycles. The van der Waals surface area contributed by atoms with Crippen LogP contribution in [0.2, 0.25) is 0 Å². The van der Waals surface area contributed by atoms with Crippen LogP contribution >= 0.6 is 23.6 Å². The lowest BCUT2D eigenvalue weighted by Crippen LogP contribution is -2.22. The summed E-state index contributed by atoms with van der Waals surface area (Å²) in [6, 6.07) is 1.85. The largest absolute Gasteiger partial charge is 0.331 e. The number of aryl methyl sites for hydroxylation is 1. The van der Waals surface area contributed by atoms with E-state index in [0.717, 1.165) is 5.52 Å². The van der Waals surface area contributed by atoms with Crippen LogP contribution < -0.4 is 5.56 Å². The Morgan fingerprint density at radius 3 is 3.11 bits per heavy atom. The quantitative estimate of drug-likeness (QED) is 0.718. The minimum Gasteiger partial charge on any atom is -0.331 e. The number of aromatic nitrogens is 5. The molecule has 0 saturated carbocycles. The highest BCUT2D eigenvalue weighted by Gasteiger charge is 2.09. The fourth-order valence-electron chi connectivity index (χ4n) is 1.71. The van der Waals surface area contributed by atoms with Crippen LogP contribution in [-0.4, -0.2) is 24.3 Å². The van der Waals surface area contributed by atoms with Gasteiger partial charge in [0.1, 0.15) is 11.0 Å². The zero-order valence-corrected chi connectivity index (χ0v) is 11.1. The molecule has 0 bridgehead atoms. The predicted octanol–water partition coefficient (Wildman–Crippen LogP) is 1.30. The molecule has 8 heteroatoms. The molecule has 0 spiro atoms. The highest BCUT2D eigenvalue weighted by molar-refractivity contribution is 7.71. The van der Waals surface area contributed by atoms with Crippen LogP contribution in [-0.2, 0) is 13.6 Å². The van der Waals surface area contributed by atoms with Gasteiger partial charge in [0.05, 0.1) is 12.1 Å². The van der Waals surface area contributed by atoms with Crippen molar-refractivity contribution in [2.75, 3.05) is 0 Å². The lowest BCUT2D eigenvalue weighted by molar-refractivity contribution is 0.674. The van der Waals surface area contributed by atoms with E-state index < -0.39 is 0 Å². The molecule has 0 atom stereocenters. The SMILES string of the molecule is Cn1cnc(Cn2c(=S)[nH]c3ccsc3c2=O)n1. The summed E-state index contributed by atoms with van der Waals surface area (Å²) in [6.45, 7) is 0.281. The maximum absolute atomic E-state index is 12.2. The van der Waals surface area contributed by atoms with Crippen molar-refractivity contribution >= 4 is 33.8 Å². The normalized spacial score (nSPS) is 11.2. The van der Waals surface area contributed by atoms with Crippen LogP contribution in [0.3, 0.4) is 0 Å². The third kappa shape index (κ3) is 1.79. The highest BCUT2D eigenvalue weighted by Crippen LogP contribution is 2.14. The van der Waals surface area contributed by atoms with E-state index in [1.165, 1.54) is 15.9 Å². The molecule has 0 radical (unpaired) electrons. The summed E-state index contributed by atoms with van der Waals surface area (Å²) in [5, 5.41) is 6.01. The summed E-state index contributed by atoms with van der Waals surface area (Å²) in [5.41, 5.74) is 0.677. The van der Waals surface area contributed by atoms with Gasteiger partial charge in [-0.2, -0.15) is 5.10 Å². The number of hydrogen-bond donors (Lipinski definition) is 1. The topological polar surface area (TPSA) is 68.5 Å². The number of nitrogens with one attached hydrogen (secondary N) is 1. The van der Waals surface area contributed by atoms with Gasteiger partial charge in [-0.1, -0.05) is 0 Å². The van der Waals surface area contributed by atoms with Gasteiger partial charge < -0.3 is 4.98 Å². The first-order chi connectivity index (χ1) is 8.65. The van der Waals surface area contributed by atoms with Crippen LogP contribution in [0.25, 0.3) is 10.2 Å². The second-order valence-electron chi connectivity index (χ2n) is 3.82. The number of nitrogens with zero attached hydrogens (tertiary/aromatic N) is 4. The lowest BCUT2D eigenvalue weighted by Gasteiger charge is -2.03. The van der Waals surface area contributed by atoms with E-state index in [2.05, 4.69) is 15.1 Å². The molecule has 0 amide bonds. The maximum atomic E-state index is 12.2. The fraction of sp³-hybridized carbons (Fsp3) is 0.200. The van der Waals surface area contributed by atoms with Gasteiger partial charge in [0.25, 0.3) is 5.56 Å². The van der Waals surface area contributed by atoms with Crippen molar-refractivity contribution < 1.29 is 0 Å². The second kappa shape index (κ2) is 4.14. The Balaban J connectivity index is 2.17. The molecule has 6 nitrogen and oxygen atoms in total. The van der Waals surface area contributed by atoms with Crippen LogP contribution in [0.1, 0.15) is 5.82 Å². The Morgan fingerprint density at radius 1 is 1.56 bits per heavy atom. The number of thiophene rings is 1. The van der Waals surface area contributed by atoms with E-state index in [4.69, 9.17) is 12.2 Å². The number of aromatic amines is 1. The molecule has 3 aromatic rings. The van der Waals surface area contributed by atoms with Gasteiger partial charge in [-0.15, -0.1) is 11.3 Å². The molecule has 1 N–H and O–H groups in total. The molecule has 0 aromatic carbocycles. The Hall–Kier alpha value is -1.80. The molecule has 0 unspecified atom stereocenters. The number of H-pyrrole nitrogens is 1. The summed E-state index contributed by atoms with van der Waals surface area (Å²) in [7, 11) is 1.78. The summed E-state index contributed by atoms with van der Waals surface area (Å²) in [6.07, 6.45) is 1.59. The molecule has 0 fully saturated rings. The zero-order valence-electron chi connectivity index (χ0n) is 9.45. The Bertz CT molecular complexity index is 825. The van der Waals surface area contributed by atoms with Crippen molar-refractivity contribution in [2.24, 2.45) is 7.05 Å². The molecule has 0 aliphatic heterocycles. The lowest BCUT2D eigenvalue weighted by atomic mass is 10.4. The van der Waals surface area contributed by atoms with Crippen molar-refractivity contribution in [3.63, 3.8) is 0 Å². The molecule has 3 rings (SSSR count). The van der Waals surface area contributed by atoms with E-state index in [1.54, 1.807) is 18.1 Å². The van der Waals surface area contributed by atoms with Gasteiger partial charge in [-0.3, -0.25) is 14.0 Å². The van der Waals surface area contributed by atoms with Gasteiger partial charge in [0, 0.05) is 7.05 Å². The molecule has 0 aliphatic carbocycles. The third-order valence-electron chi connectivity index (χ3n) is 2.54. The van der Waals surface area contributed by atoms with Crippen LogP contribution in [0.4, 0.5) is 0 Å². The predicted molar refractivity (Wildman–Crippen MR) is 71.4 cm³/mol. The molecule has 3 heterocycles. The van der Waals surface area contributed by atoms with Gasteiger partial charge in [0.2, 0.25) is 0 Å². The third-order valence-corrected chi connectivity index (χ3v) is 3.76. The Labute approximate surface area is 111 Å². The molecule has 92 valence electrons. The van der Waals surface area contributed by atoms with Crippen LogP contribution in [0, 0.1) is 4.77 Å². The summed E-state index contributed by atoms with van der Waals surface area (Å²) in [5.74, 6) is 0.565. The van der Waals surface area contributed by atoms with E-state index in [9.17, 15) is 4.79 Å². The Morgan fingerprint density at radius 2 is 2.39 bits per heavy atom. The zero-order chi connectivity index (χ0) is 12.7. The minimum atomic E-state index is -0.101. The molecular weight excluding hydrogens is 270 g/mol. The van der Waals surface area contributed by atoms with E-state index >= 15 is 0 Å². The average molecular weight is 279 g/mol. The number of fused-ring (bicyclic) bond motifs is 1. The average Bonchev–Trinajstić information content (AvgIpc) is 2.93. The van der Waals surface area contributed by atoms with Crippen molar-refractivity contribution in [2.45, 2.75) is 6.54 Å². The first-order valence-corrected chi connectivity index (χ1v) is 6.49. The van der Waals surface area contributed by atoms with Crippen molar-refractivity contribution in [1.82, 2.24) is 24.3 Å². The highest BCUT2D eigenvalue weighted by atomic mass is 32.1. The summed E-state index contributed by atoms with van der Waals surface area (Å²) >= 11 is 6.58. The van der Waals surface area contributed by atoms with Gasteiger partial charge in [-0.05, 0) is 23.7 Å². The molecule has 3 aromatic heterocycles. The summed E-state index contributed by atoms with van der Waals surface area (Å²) < 4.78 is 4.12. The minimum absolute atomic E-state index is 0.101. The molecule has 0 aliphatic rings. The number of rotatable bonds is 2. The van der Waals surface area contributed by atoms with Crippen LogP contribution in [0.5, 0.6) is 0 Å². The van der Waals surface area contributed by atoms with E-state index in [1.807, 2.05) is 11.4 Å². The van der Waals surface area contributed by atoms with Gasteiger partial charge >= 0.3 is 0 Å². The van der Waals surface area contributed by atoms with Gasteiger partial charge in [0.15, 0.2) is 10.6 Å². The molecular formula is C10H9N5OS2. The first-order valence-electron chi connectivity index (χ1n) is 5.20. The first kappa shape index (κ1) is 11.3. The maximum Gasteiger partial charge on any atom is 0.272 e. The Kier molecular flexibility index (Phi) is 2.60. The standard InChI is InChI=1S/C10H9N5OS2/c1-14-5-11-7(13-14)4-15-9(16)8-6(2-3-18-8)12-10(15)17/h2-3,5H,4H2,1H3,(H,12,17). The smallest absolute Gasteiger partial charge is 0.272 e. The monoisotopic (exact) mass is 279 g/mol. The van der Waals surface area contributed by atoms with Crippen molar-refractivity contribution in [1.29, 1.82) is 0 Å². The van der Waals surface area contributed by atoms with Crippen LogP contribution in [0.15, 0.2) is 22.6 Å². The summed E-state index contributed by atoms with van der Waals surface area (Å²) in [4.78, 5) is 19.4. The molecule has 18 heavy (non-hydrogen) atoms. The van der Waals surface area contributed by atoms with Crippen molar-refractivity contribution in [3.8, 4) is 0 Å². The van der Waals surface area contributed by atoms with Gasteiger partial charge in [-0.25, -0.2) is 4.98 Å². The second-order valence-corrected chi connectivity index (χ2v) is 5.12. The van der Waals surface area contributed by atoms with E-state index in [0.29, 0.717) is 15.3 Å². The van der Waals surface area contributed by atoms with Crippen molar-refractivity contribution in [3.05, 3.63) is 38.7 Å². The fourth-order valence-corrected chi connectivity index (χ4v) is 2.77. The van der Waals surface area contributed by atoms with E-state index in [-0.39, 0.29) is 12.1 Å². The number of hydrogen-bond acceptors (Lipinski definition) is 5.